The molecular formula is C15H21N5O2. The Morgan fingerprint density at radius 3 is 2.95 bits per heavy atom. The van der Waals surface area contributed by atoms with E-state index in [1.165, 1.54) is 36.9 Å². The van der Waals surface area contributed by atoms with Crippen LogP contribution in [0.4, 0.5) is 0 Å². The van der Waals surface area contributed by atoms with Gasteiger partial charge in [0.25, 0.3) is 0 Å². The number of rotatable bonds is 5. The van der Waals surface area contributed by atoms with E-state index >= 15 is 0 Å². The molecule has 0 amide bonds. The smallest absolute Gasteiger partial charge is 0.229 e. The minimum atomic E-state index is 0.115. The second-order valence-electron chi connectivity index (χ2n) is 6.24. The van der Waals surface area contributed by atoms with Gasteiger partial charge in [-0.15, -0.1) is 0 Å². The average molecular weight is 303 g/mol. The molecule has 0 atom stereocenters. The summed E-state index contributed by atoms with van der Waals surface area (Å²) in [6, 6.07) is 0. The molecular weight excluding hydrogens is 282 g/mol. The quantitative estimate of drug-likeness (QED) is 0.900. The zero-order chi connectivity index (χ0) is 14.9. The van der Waals surface area contributed by atoms with Gasteiger partial charge in [0, 0.05) is 24.6 Å². The molecule has 0 radical (unpaired) electrons. The summed E-state index contributed by atoms with van der Waals surface area (Å²) in [5.41, 5.74) is 2.42. The maximum absolute atomic E-state index is 9.07. The second kappa shape index (κ2) is 5.81. The molecule has 1 N–H and O–H groups in total. The first-order valence-electron chi connectivity index (χ1n) is 8.02. The van der Waals surface area contributed by atoms with Crippen LogP contribution in [0.2, 0.25) is 0 Å². The van der Waals surface area contributed by atoms with Gasteiger partial charge in [0.1, 0.15) is 0 Å². The summed E-state index contributed by atoms with van der Waals surface area (Å²) in [4.78, 5) is 6.86. The van der Waals surface area contributed by atoms with E-state index in [1.54, 1.807) is 0 Å². The van der Waals surface area contributed by atoms with E-state index in [0.29, 0.717) is 19.0 Å². The Bertz CT molecular complexity index is 644. The fourth-order valence-electron chi connectivity index (χ4n) is 3.54. The number of aromatic nitrogens is 4. The lowest BCUT2D eigenvalue weighted by atomic mass is 10.1. The highest BCUT2D eigenvalue weighted by atomic mass is 16.5. The number of aliphatic hydroxyl groups excluding tert-OH is 1. The van der Waals surface area contributed by atoms with Gasteiger partial charge in [-0.1, -0.05) is 18.0 Å². The molecule has 0 unspecified atom stereocenters. The Morgan fingerprint density at radius 1 is 1.27 bits per heavy atom. The van der Waals surface area contributed by atoms with Crippen molar-refractivity contribution in [2.75, 3.05) is 6.61 Å². The van der Waals surface area contributed by atoms with Crippen LogP contribution in [-0.4, -0.2) is 36.5 Å². The predicted molar refractivity (Wildman–Crippen MR) is 77.8 cm³/mol. The first kappa shape index (κ1) is 13.9. The molecule has 0 aromatic carbocycles. The summed E-state index contributed by atoms with van der Waals surface area (Å²) in [7, 11) is 0. The van der Waals surface area contributed by atoms with Crippen molar-refractivity contribution in [2.45, 2.75) is 57.8 Å². The van der Waals surface area contributed by atoms with Gasteiger partial charge < -0.3 is 9.63 Å². The highest BCUT2D eigenvalue weighted by Crippen LogP contribution is 2.33. The van der Waals surface area contributed by atoms with Gasteiger partial charge in [-0.25, -0.2) is 0 Å². The van der Waals surface area contributed by atoms with Gasteiger partial charge in [-0.05, 0) is 12.8 Å². The minimum absolute atomic E-state index is 0.115. The van der Waals surface area contributed by atoms with Crippen LogP contribution in [0, 0.1) is 0 Å². The average Bonchev–Trinajstić information content (AvgIpc) is 3.24. The lowest BCUT2D eigenvalue weighted by molar-refractivity contribution is 0.244. The minimum Gasteiger partial charge on any atom is -0.394 e. The lowest BCUT2D eigenvalue weighted by Crippen LogP contribution is -2.19. The Balaban J connectivity index is 1.40. The summed E-state index contributed by atoms with van der Waals surface area (Å²) in [5.74, 6) is 2.06. The van der Waals surface area contributed by atoms with Crippen molar-refractivity contribution in [1.82, 2.24) is 24.8 Å². The highest BCUT2D eigenvalue weighted by molar-refractivity contribution is 5.22. The molecule has 7 nitrogen and oxygen atoms in total. The van der Waals surface area contributed by atoms with Gasteiger partial charge in [0.2, 0.25) is 5.89 Å². The molecule has 1 aliphatic heterocycles. The van der Waals surface area contributed by atoms with E-state index in [4.69, 9.17) is 9.63 Å². The van der Waals surface area contributed by atoms with E-state index in [0.717, 1.165) is 24.8 Å². The third-order valence-corrected chi connectivity index (χ3v) is 4.67. The van der Waals surface area contributed by atoms with Crippen molar-refractivity contribution in [2.24, 2.45) is 0 Å². The zero-order valence-corrected chi connectivity index (χ0v) is 12.6. The van der Waals surface area contributed by atoms with Crippen molar-refractivity contribution in [3.05, 3.63) is 29.2 Å². The summed E-state index contributed by atoms with van der Waals surface area (Å²) in [6.07, 6.45) is 6.78. The van der Waals surface area contributed by atoms with Crippen LogP contribution >= 0.6 is 0 Å². The molecule has 0 saturated heterocycles. The first-order valence-corrected chi connectivity index (χ1v) is 8.02. The molecule has 22 heavy (non-hydrogen) atoms. The van der Waals surface area contributed by atoms with Crippen LogP contribution in [-0.2, 0) is 26.2 Å². The maximum atomic E-state index is 9.07. The van der Waals surface area contributed by atoms with Crippen molar-refractivity contribution in [3.8, 4) is 0 Å². The molecule has 7 heteroatoms. The van der Waals surface area contributed by atoms with Crippen molar-refractivity contribution < 1.29 is 9.63 Å². The fourth-order valence-corrected chi connectivity index (χ4v) is 3.54. The van der Waals surface area contributed by atoms with Gasteiger partial charge in [0.15, 0.2) is 5.82 Å². The summed E-state index contributed by atoms with van der Waals surface area (Å²) < 4.78 is 7.33. The second-order valence-corrected chi connectivity index (χ2v) is 6.24. The van der Waals surface area contributed by atoms with E-state index in [-0.39, 0.29) is 6.61 Å². The van der Waals surface area contributed by atoms with E-state index < -0.39 is 0 Å². The predicted octanol–water partition coefficient (Wildman–Crippen LogP) is 1.43. The topological polar surface area (TPSA) is 80.2 Å². The maximum Gasteiger partial charge on any atom is 0.229 e. The number of hydrogen-bond donors (Lipinski definition) is 1. The van der Waals surface area contributed by atoms with Crippen LogP contribution in [0.1, 0.15) is 54.6 Å². The zero-order valence-electron chi connectivity index (χ0n) is 12.6. The van der Waals surface area contributed by atoms with Crippen molar-refractivity contribution >= 4 is 0 Å². The Morgan fingerprint density at radius 2 is 2.14 bits per heavy atom. The van der Waals surface area contributed by atoms with E-state index in [9.17, 15) is 0 Å². The molecule has 2 aromatic rings. The molecule has 2 aliphatic rings. The van der Waals surface area contributed by atoms with Gasteiger partial charge >= 0.3 is 0 Å². The summed E-state index contributed by atoms with van der Waals surface area (Å²) in [5, 5.41) is 17.5. The van der Waals surface area contributed by atoms with Crippen LogP contribution < -0.4 is 0 Å². The summed E-state index contributed by atoms with van der Waals surface area (Å²) >= 11 is 0. The normalized spacial score (nSPS) is 19.1. The van der Waals surface area contributed by atoms with Crippen LogP contribution in [0.15, 0.2) is 10.7 Å². The van der Waals surface area contributed by atoms with Crippen molar-refractivity contribution in [3.63, 3.8) is 0 Å². The van der Waals surface area contributed by atoms with Crippen LogP contribution in [0.5, 0.6) is 0 Å². The Labute approximate surface area is 128 Å². The van der Waals surface area contributed by atoms with E-state index in [2.05, 4.69) is 20.1 Å². The number of nitrogens with zero attached hydrogens (tertiary/aromatic N) is 5. The van der Waals surface area contributed by atoms with Gasteiger partial charge in [0.05, 0.1) is 31.6 Å². The largest absolute Gasteiger partial charge is 0.394 e. The Kier molecular flexibility index (Phi) is 3.67. The third kappa shape index (κ3) is 2.55. The molecule has 4 rings (SSSR count). The SMILES string of the molecule is OCCn1ncc2c1CN(Cc1noc(C3CCCC3)n1)C2. The number of hydrogen-bond acceptors (Lipinski definition) is 6. The van der Waals surface area contributed by atoms with Gasteiger partial charge in [-0.3, -0.25) is 9.58 Å². The fraction of sp³-hybridized carbons (Fsp3) is 0.667. The molecule has 1 fully saturated rings. The number of fused-ring (bicyclic) bond motifs is 1. The monoisotopic (exact) mass is 303 g/mol. The number of aliphatic hydroxyl groups is 1. The first-order chi connectivity index (χ1) is 10.8. The standard InChI is InChI=1S/C15H21N5O2/c21-6-5-20-13-9-19(8-12(13)7-16-20)10-14-17-15(22-18-14)11-3-1-2-4-11/h7,11,21H,1-6,8-10H2. The van der Waals surface area contributed by atoms with Crippen LogP contribution in [0.25, 0.3) is 0 Å². The highest BCUT2D eigenvalue weighted by Gasteiger charge is 2.26. The molecule has 0 spiro atoms. The van der Waals surface area contributed by atoms with Gasteiger partial charge in [-0.2, -0.15) is 10.1 Å². The third-order valence-electron chi connectivity index (χ3n) is 4.67. The summed E-state index contributed by atoms with van der Waals surface area (Å²) in [6.45, 7) is 3.04. The van der Waals surface area contributed by atoms with Crippen LogP contribution in [0.3, 0.4) is 0 Å². The molecule has 118 valence electrons. The van der Waals surface area contributed by atoms with Crippen molar-refractivity contribution in [1.29, 1.82) is 0 Å². The molecule has 1 aliphatic carbocycles. The molecule has 1 saturated carbocycles. The molecule has 3 heterocycles. The lowest BCUT2D eigenvalue weighted by Gasteiger charge is -2.12. The molecule has 0 bridgehead atoms. The molecule has 2 aromatic heterocycles. The Hall–Kier alpha value is -1.73. The van der Waals surface area contributed by atoms with E-state index in [1.807, 2.05) is 10.9 Å².